The molecule has 0 spiro atoms. The van der Waals surface area contributed by atoms with Crippen LogP contribution in [0.3, 0.4) is 0 Å². The molecule has 0 fully saturated rings. The van der Waals surface area contributed by atoms with Crippen LogP contribution >= 0.6 is 0 Å². The number of hydrogen-bond acceptors (Lipinski definition) is 2. The first-order valence-corrected chi connectivity index (χ1v) is 5.31. The number of carboxylic acids is 1. The van der Waals surface area contributed by atoms with E-state index in [4.69, 9.17) is 5.11 Å². The number of hydrogen-bond donors (Lipinski definition) is 2. The van der Waals surface area contributed by atoms with Crippen LogP contribution in [-0.4, -0.2) is 23.0 Å². The predicted octanol–water partition coefficient (Wildman–Crippen LogP) is 1.80. The molecule has 1 amide bonds. The van der Waals surface area contributed by atoms with Crippen molar-refractivity contribution in [3.8, 4) is 0 Å². The van der Waals surface area contributed by atoms with Crippen LogP contribution in [0.15, 0.2) is 18.2 Å². The number of carboxylic acid groups (broad SMARTS) is 1. The fourth-order valence-electron chi connectivity index (χ4n) is 1.38. The number of rotatable bonds is 4. The molecule has 0 radical (unpaired) electrons. The topological polar surface area (TPSA) is 66.4 Å². The molecule has 0 saturated heterocycles. The highest BCUT2D eigenvalue weighted by Crippen LogP contribution is 2.10. The Morgan fingerprint density at radius 3 is 2.28 bits per heavy atom. The maximum atomic E-state index is 12.9. The second-order valence-corrected chi connectivity index (χ2v) is 4.16. The molecule has 0 aromatic heterocycles. The lowest BCUT2D eigenvalue weighted by Gasteiger charge is -2.17. The Bertz CT molecular complexity index is 474. The quantitative estimate of drug-likeness (QED) is 0.864. The van der Waals surface area contributed by atoms with Gasteiger partial charge in [-0.1, -0.05) is 13.8 Å². The summed E-state index contributed by atoms with van der Waals surface area (Å²) in [5, 5.41) is 11.1. The van der Waals surface area contributed by atoms with Gasteiger partial charge >= 0.3 is 5.97 Å². The van der Waals surface area contributed by atoms with Crippen molar-refractivity contribution in [2.24, 2.45) is 5.92 Å². The van der Waals surface area contributed by atoms with Gasteiger partial charge in [0, 0.05) is 5.56 Å². The minimum absolute atomic E-state index is 0.124. The number of nitrogens with one attached hydrogen (secondary N) is 1. The summed E-state index contributed by atoms with van der Waals surface area (Å²) >= 11 is 0. The van der Waals surface area contributed by atoms with Crippen molar-refractivity contribution in [1.29, 1.82) is 0 Å². The average molecular weight is 257 g/mol. The number of halogens is 2. The molecule has 1 aromatic carbocycles. The maximum Gasteiger partial charge on any atom is 0.326 e. The van der Waals surface area contributed by atoms with Crippen LogP contribution in [-0.2, 0) is 4.79 Å². The molecule has 0 saturated carbocycles. The number of amides is 1. The van der Waals surface area contributed by atoms with E-state index in [0.717, 1.165) is 18.2 Å². The highest BCUT2D eigenvalue weighted by Gasteiger charge is 2.24. The van der Waals surface area contributed by atoms with Crippen molar-refractivity contribution in [1.82, 2.24) is 5.32 Å². The fourth-order valence-corrected chi connectivity index (χ4v) is 1.38. The molecule has 0 bridgehead atoms. The Morgan fingerprint density at radius 2 is 1.83 bits per heavy atom. The number of aliphatic carboxylic acids is 1. The SMILES string of the molecule is CC(C)C(NC(=O)c1ccc(F)c(F)c1)C(=O)O. The van der Waals surface area contributed by atoms with Crippen LogP contribution in [0.4, 0.5) is 8.78 Å². The molecule has 1 aromatic rings. The van der Waals surface area contributed by atoms with Gasteiger partial charge in [-0.05, 0) is 24.1 Å². The second kappa shape index (κ2) is 5.57. The molecule has 98 valence electrons. The molecule has 0 heterocycles. The first kappa shape index (κ1) is 14.1. The summed E-state index contributed by atoms with van der Waals surface area (Å²) in [5.41, 5.74) is -0.124. The Balaban J connectivity index is 2.87. The Labute approximate surface area is 103 Å². The lowest BCUT2D eigenvalue weighted by Crippen LogP contribution is -2.44. The summed E-state index contributed by atoms with van der Waals surface area (Å²) in [6, 6.07) is 1.55. The van der Waals surface area contributed by atoms with Gasteiger partial charge in [-0.25, -0.2) is 13.6 Å². The summed E-state index contributed by atoms with van der Waals surface area (Å²) in [6.07, 6.45) is 0. The minimum Gasteiger partial charge on any atom is -0.480 e. The van der Waals surface area contributed by atoms with Crippen molar-refractivity contribution in [3.63, 3.8) is 0 Å². The smallest absolute Gasteiger partial charge is 0.326 e. The van der Waals surface area contributed by atoms with E-state index >= 15 is 0 Å². The molecule has 1 atom stereocenters. The molecule has 0 aliphatic rings. The largest absolute Gasteiger partial charge is 0.480 e. The van der Waals surface area contributed by atoms with Gasteiger partial charge in [-0.3, -0.25) is 4.79 Å². The molecule has 6 heteroatoms. The monoisotopic (exact) mass is 257 g/mol. The lowest BCUT2D eigenvalue weighted by molar-refractivity contribution is -0.140. The minimum atomic E-state index is -1.18. The van der Waals surface area contributed by atoms with Crippen molar-refractivity contribution < 1.29 is 23.5 Å². The van der Waals surface area contributed by atoms with Gasteiger partial charge in [-0.2, -0.15) is 0 Å². The summed E-state index contributed by atoms with van der Waals surface area (Å²) in [4.78, 5) is 22.5. The third-order valence-electron chi connectivity index (χ3n) is 2.40. The van der Waals surface area contributed by atoms with Crippen LogP contribution < -0.4 is 5.32 Å². The Morgan fingerprint density at radius 1 is 1.22 bits per heavy atom. The fraction of sp³-hybridized carbons (Fsp3) is 0.333. The first-order valence-electron chi connectivity index (χ1n) is 5.31. The van der Waals surface area contributed by atoms with E-state index in [1.165, 1.54) is 0 Å². The van der Waals surface area contributed by atoms with Crippen LogP contribution in [0.2, 0.25) is 0 Å². The van der Waals surface area contributed by atoms with E-state index in [0.29, 0.717) is 0 Å². The van der Waals surface area contributed by atoms with E-state index in [2.05, 4.69) is 5.32 Å². The standard InChI is InChI=1S/C12H13F2NO3/c1-6(2)10(12(17)18)15-11(16)7-3-4-8(13)9(14)5-7/h3-6,10H,1-2H3,(H,15,16)(H,17,18). The number of benzene rings is 1. The van der Waals surface area contributed by atoms with Gasteiger partial charge in [-0.15, -0.1) is 0 Å². The van der Waals surface area contributed by atoms with E-state index in [-0.39, 0.29) is 11.5 Å². The van der Waals surface area contributed by atoms with Gasteiger partial charge in [0.15, 0.2) is 11.6 Å². The molecule has 1 unspecified atom stereocenters. The van der Waals surface area contributed by atoms with Crippen LogP contribution in [0, 0.1) is 17.6 Å². The number of carbonyl (C=O) groups excluding carboxylic acids is 1. The number of carbonyl (C=O) groups is 2. The second-order valence-electron chi connectivity index (χ2n) is 4.16. The summed E-state index contributed by atoms with van der Waals surface area (Å²) in [6.45, 7) is 3.26. The third kappa shape index (κ3) is 3.26. The van der Waals surface area contributed by atoms with E-state index < -0.39 is 29.6 Å². The van der Waals surface area contributed by atoms with Gasteiger partial charge in [0.2, 0.25) is 0 Å². The first-order chi connectivity index (χ1) is 8.32. The predicted molar refractivity (Wildman–Crippen MR) is 60.1 cm³/mol. The van der Waals surface area contributed by atoms with Crippen molar-refractivity contribution in [2.45, 2.75) is 19.9 Å². The van der Waals surface area contributed by atoms with E-state index in [1.54, 1.807) is 13.8 Å². The maximum absolute atomic E-state index is 12.9. The highest BCUT2D eigenvalue weighted by molar-refractivity contribution is 5.96. The average Bonchev–Trinajstić information content (AvgIpc) is 2.28. The van der Waals surface area contributed by atoms with Crippen LogP contribution in [0.1, 0.15) is 24.2 Å². The zero-order valence-electron chi connectivity index (χ0n) is 9.91. The molecule has 0 aliphatic carbocycles. The lowest BCUT2D eigenvalue weighted by atomic mass is 10.0. The molecule has 18 heavy (non-hydrogen) atoms. The molecule has 2 N–H and O–H groups in total. The van der Waals surface area contributed by atoms with Crippen LogP contribution in [0.5, 0.6) is 0 Å². The van der Waals surface area contributed by atoms with Crippen molar-refractivity contribution in [3.05, 3.63) is 35.4 Å². The summed E-state index contributed by atoms with van der Waals surface area (Å²) < 4.78 is 25.6. The normalized spacial score (nSPS) is 12.3. The zero-order valence-corrected chi connectivity index (χ0v) is 9.91. The van der Waals surface area contributed by atoms with Gasteiger partial charge in [0.05, 0.1) is 0 Å². The van der Waals surface area contributed by atoms with Gasteiger partial charge < -0.3 is 10.4 Å². The van der Waals surface area contributed by atoms with Gasteiger partial charge in [0.25, 0.3) is 5.91 Å². The molecule has 0 aliphatic heterocycles. The Kier molecular flexibility index (Phi) is 4.36. The van der Waals surface area contributed by atoms with Crippen LogP contribution in [0.25, 0.3) is 0 Å². The highest BCUT2D eigenvalue weighted by atomic mass is 19.2. The summed E-state index contributed by atoms with van der Waals surface area (Å²) in [7, 11) is 0. The molecular weight excluding hydrogens is 244 g/mol. The van der Waals surface area contributed by atoms with E-state index in [1.807, 2.05) is 0 Å². The zero-order chi connectivity index (χ0) is 13.9. The molecule has 1 rings (SSSR count). The van der Waals surface area contributed by atoms with Crippen molar-refractivity contribution >= 4 is 11.9 Å². The molecule has 4 nitrogen and oxygen atoms in total. The van der Waals surface area contributed by atoms with E-state index in [9.17, 15) is 18.4 Å². The van der Waals surface area contributed by atoms with Crippen molar-refractivity contribution in [2.75, 3.05) is 0 Å². The molecular formula is C12H13F2NO3. The Hall–Kier alpha value is -1.98. The third-order valence-corrected chi connectivity index (χ3v) is 2.40. The van der Waals surface area contributed by atoms with Gasteiger partial charge in [0.1, 0.15) is 6.04 Å². The summed E-state index contributed by atoms with van der Waals surface area (Å²) in [5.74, 6) is -4.48.